The summed E-state index contributed by atoms with van der Waals surface area (Å²) in [6.07, 6.45) is 4.76. The summed E-state index contributed by atoms with van der Waals surface area (Å²) in [7, 11) is 0. The van der Waals surface area contributed by atoms with Gasteiger partial charge < -0.3 is 10.0 Å². The van der Waals surface area contributed by atoms with Gasteiger partial charge in [-0.15, -0.1) is 0 Å². The normalized spacial score (nSPS) is 26.8. The van der Waals surface area contributed by atoms with Crippen LogP contribution in [0.4, 0.5) is 5.13 Å². The largest absolute Gasteiger partial charge is 0.477 e. The Morgan fingerprint density at radius 1 is 1.25 bits per heavy atom. The Morgan fingerprint density at radius 2 is 2.10 bits per heavy atom. The van der Waals surface area contributed by atoms with E-state index in [2.05, 4.69) is 14.8 Å². The van der Waals surface area contributed by atoms with Gasteiger partial charge in [0.05, 0.1) is 5.69 Å². The standard InChI is InChI=1S/C14H19N3O2S/c18-13(19)12-11(9-3-4-9)15-14(20-12)17-7-6-16-5-1-2-10(16)8-17/h9-10H,1-8H2,(H,18,19). The first kappa shape index (κ1) is 12.6. The minimum absolute atomic E-state index is 0.402. The van der Waals surface area contributed by atoms with Crippen LogP contribution in [0.25, 0.3) is 0 Å². The van der Waals surface area contributed by atoms with Gasteiger partial charge in [0.25, 0.3) is 0 Å². The molecule has 3 heterocycles. The topological polar surface area (TPSA) is 56.7 Å². The molecule has 0 bridgehead atoms. The van der Waals surface area contributed by atoms with Crippen LogP contribution in [-0.4, -0.2) is 53.2 Å². The van der Waals surface area contributed by atoms with E-state index in [0.29, 0.717) is 16.8 Å². The Bertz CT molecular complexity index is 541. The molecule has 5 nitrogen and oxygen atoms in total. The van der Waals surface area contributed by atoms with Gasteiger partial charge in [0.2, 0.25) is 0 Å². The molecule has 1 unspecified atom stereocenters. The summed E-state index contributed by atoms with van der Waals surface area (Å²) in [5, 5.41) is 10.3. The van der Waals surface area contributed by atoms with Crippen LogP contribution in [0.3, 0.4) is 0 Å². The van der Waals surface area contributed by atoms with E-state index in [1.807, 2.05) is 0 Å². The second kappa shape index (κ2) is 4.70. The summed E-state index contributed by atoms with van der Waals surface area (Å²) in [6, 6.07) is 0.644. The number of nitrogens with zero attached hydrogens (tertiary/aromatic N) is 3. The average Bonchev–Trinajstić information content (AvgIpc) is 3.02. The lowest BCUT2D eigenvalue weighted by Gasteiger charge is -2.37. The Kier molecular flexibility index (Phi) is 2.96. The zero-order valence-corrected chi connectivity index (χ0v) is 12.2. The second-order valence-electron chi connectivity index (χ2n) is 6.07. The molecule has 2 saturated heterocycles. The van der Waals surface area contributed by atoms with Gasteiger partial charge in [0, 0.05) is 31.6 Å². The zero-order valence-electron chi connectivity index (χ0n) is 11.4. The fourth-order valence-electron chi connectivity index (χ4n) is 3.41. The van der Waals surface area contributed by atoms with E-state index in [1.165, 1.54) is 30.7 Å². The van der Waals surface area contributed by atoms with E-state index < -0.39 is 5.97 Å². The van der Waals surface area contributed by atoms with Crippen molar-refractivity contribution >= 4 is 22.4 Å². The van der Waals surface area contributed by atoms with Crippen LogP contribution in [0, 0.1) is 0 Å². The Labute approximate surface area is 122 Å². The Balaban J connectivity index is 1.58. The number of carbonyl (C=O) groups is 1. The second-order valence-corrected chi connectivity index (χ2v) is 7.05. The fraction of sp³-hybridized carbons (Fsp3) is 0.714. The maximum Gasteiger partial charge on any atom is 0.347 e. The molecule has 1 aromatic rings. The molecule has 3 fully saturated rings. The molecule has 20 heavy (non-hydrogen) atoms. The van der Waals surface area contributed by atoms with Gasteiger partial charge >= 0.3 is 5.97 Å². The first-order valence-electron chi connectivity index (χ1n) is 7.45. The Hall–Kier alpha value is -1.14. The van der Waals surface area contributed by atoms with Crippen molar-refractivity contribution in [3.63, 3.8) is 0 Å². The molecule has 3 aliphatic rings. The van der Waals surface area contributed by atoms with Crippen LogP contribution in [0.15, 0.2) is 0 Å². The summed E-state index contributed by atoms with van der Waals surface area (Å²) in [5.41, 5.74) is 0.839. The molecule has 1 atom stereocenters. The quantitative estimate of drug-likeness (QED) is 0.924. The SMILES string of the molecule is O=C(O)c1sc(N2CCN3CCCC3C2)nc1C1CC1. The third kappa shape index (κ3) is 2.11. The van der Waals surface area contributed by atoms with E-state index in [0.717, 1.165) is 43.3 Å². The number of aromatic carboxylic acids is 1. The van der Waals surface area contributed by atoms with E-state index in [-0.39, 0.29) is 0 Å². The van der Waals surface area contributed by atoms with Crippen molar-refractivity contribution in [2.45, 2.75) is 37.6 Å². The van der Waals surface area contributed by atoms with E-state index >= 15 is 0 Å². The predicted octanol–water partition coefficient (Wildman–Crippen LogP) is 2.00. The highest BCUT2D eigenvalue weighted by atomic mass is 32.1. The number of fused-ring (bicyclic) bond motifs is 1. The highest BCUT2D eigenvalue weighted by Crippen LogP contribution is 2.44. The van der Waals surface area contributed by atoms with Gasteiger partial charge in [-0.05, 0) is 32.2 Å². The Morgan fingerprint density at radius 3 is 2.85 bits per heavy atom. The van der Waals surface area contributed by atoms with Crippen LogP contribution < -0.4 is 4.90 Å². The van der Waals surface area contributed by atoms with Crippen molar-refractivity contribution in [3.05, 3.63) is 10.6 Å². The number of anilines is 1. The van der Waals surface area contributed by atoms with Gasteiger partial charge in [-0.2, -0.15) is 0 Å². The lowest BCUT2D eigenvalue weighted by Crippen LogP contribution is -2.50. The minimum Gasteiger partial charge on any atom is -0.477 e. The molecule has 6 heteroatoms. The van der Waals surface area contributed by atoms with E-state index in [4.69, 9.17) is 0 Å². The van der Waals surface area contributed by atoms with Crippen LogP contribution >= 0.6 is 11.3 Å². The molecule has 108 valence electrons. The summed E-state index contributed by atoms with van der Waals surface area (Å²) in [5.74, 6) is -0.408. The highest BCUT2D eigenvalue weighted by molar-refractivity contribution is 7.17. The lowest BCUT2D eigenvalue weighted by molar-refractivity contribution is 0.0700. The third-order valence-electron chi connectivity index (χ3n) is 4.66. The van der Waals surface area contributed by atoms with Gasteiger partial charge in [0.1, 0.15) is 4.88 Å². The number of piperazine rings is 1. The zero-order chi connectivity index (χ0) is 13.7. The van der Waals surface area contributed by atoms with Crippen LogP contribution in [0.2, 0.25) is 0 Å². The number of carboxylic acids is 1. The first-order chi connectivity index (χ1) is 9.72. The van der Waals surface area contributed by atoms with Crippen molar-refractivity contribution < 1.29 is 9.90 Å². The third-order valence-corrected chi connectivity index (χ3v) is 5.78. The number of aromatic nitrogens is 1. The molecule has 1 aromatic heterocycles. The number of hydrogen-bond acceptors (Lipinski definition) is 5. The van der Waals surface area contributed by atoms with Gasteiger partial charge in [-0.3, -0.25) is 4.90 Å². The molecule has 1 aliphatic carbocycles. The molecule has 0 radical (unpaired) electrons. The lowest BCUT2D eigenvalue weighted by atomic mass is 10.2. The number of rotatable bonds is 3. The highest BCUT2D eigenvalue weighted by Gasteiger charge is 2.35. The molecule has 0 amide bonds. The number of hydrogen-bond donors (Lipinski definition) is 1. The summed E-state index contributed by atoms with van der Waals surface area (Å²) >= 11 is 1.37. The van der Waals surface area contributed by atoms with E-state index in [1.54, 1.807) is 0 Å². The minimum atomic E-state index is -0.810. The number of carboxylic acid groups (broad SMARTS) is 1. The molecule has 4 rings (SSSR count). The van der Waals surface area contributed by atoms with Crippen LogP contribution in [0.1, 0.15) is 47.0 Å². The molecule has 1 saturated carbocycles. The average molecular weight is 293 g/mol. The summed E-state index contributed by atoms with van der Waals surface area (Å²) in [6.45, 7) is 4.30. The monoisotopic (exact) mass is 293 g/mol. The summed E-state index contributed by atoms with van der Waals surface area (Å²) in [4.78, 5) is 21.4. The maximum atomic E-state index is 11.4. The molecule has 2 aliphatic heterocycles. The smallest absolute Gasteiger partial charge is 0.347 e. The molecular weight excluding hydrogens is 274 g/mol. The van der Waals surface area contributed by atoms with Gasteiger partial charge in [-0.25, -0.2) is 9.78 Å². The van der Waals surface area contributed by atoms with Gasteiger partial charge in [0.15, 0.2) is 5.13 Å². The van der Waals surface area contributed by atoms with Crippen molar-refractivity contribution in [2.75, 3.05) is 31.1 Å². The van der Waals surface area contributed by atoms with Crippen molar-refractivity contribution in [1.82, 2.24) is 9.88 Å². The van der Waals surface area contributed by atoms with Gasteiger partial charge in [-0.1, -0.05) is 11.3 Å². The van der Waals surface area contributed by atoms with Crippen molar-refractivity contribution in [2.24, 2.45) is 0 Å². The predicted molar refractivity (Wildman–Crippen MR) is 77.9 cm³/mol. The first-order valence-corrected chi connectivity index (χ1v) is 8.27. The number of thiazole rings is 1. The molecule has 1 N–H and O–H groups in total. The maximum absolute atomic E-state index is 11.4. The summed E-state index contributed by atoms with van der Waals surface area (Å²) < 4.78 is 0. The molecule has 0 aromatic carbocycles. The van der Waals surface area contributed by atoms with Crippen LogP contribution in [-0.2, 0) is 0 Å². The molecular formula is C14H19N3O2S. The van der Waals surface area contributed by atoms with Crippen molar-refractivity contribution in [3.8, 4) is 0 Å². The fourth-order valence-corrected chi connectivity index (χ4v) is 4.43. The molecule has 0 spiro atoms. The van der Waals surface area contributed by atoms with Crippen molar-refractivity contribution in [1.29, 1.82) is 0 Å². The van der Waals surface area contributed by atoms with Crippen LogP contribution in [0.5, 0.6) is 0 Å². The van der Waals surface area contributed by atoms with E-state index in [9.17, 15) is 9.90 Å².